The normalized spacial score (nSPS) is 12.2. The molecule has 110 valence electrons. The molecule has 19 heavy (non-hydrogen) atoms. The first-order chi connectivity index (χ1) is 8.95. The number of sulfonamides is 1. The Balaban J connectivity index is 2.42. The van der Waals surface area contributed by atoms with Crippen LogP contribution in [0.1, 0.15) is 33.1 Å². The van der Waals surface area contributed by atoms with Gasteiger partial charge in [0.05, 0.1) is 12.7 Å². The van der Waals surface area contributed by atoms with Crippen LogP contribution in [-0.2, 0) is 16.6 Å². The third-order valence-corrected chi connectivity index (χ3v) is 4.19. The highest BCUT2D eigenvalue weighted by Crippen LogP contribution is 2.08. The van der Waals surface area contributed by atoms with Crippen LogP contribution in [0.4, 0.5) is 0 Å². The molecule has 7 heteroatoms. The Labute approximate surface area is 115 Å². The molecule has 1 aromatic rings. The topological polar surface area (TPSA) is 90.0 Å². The van der Waals surface area contributed by atoms with Crippen LogP contribution in [0.5, 0.6) is 0 Å². The summed E-state index contributed by atoms with van der Waals surface area (Å²) in [4.78, 5) is 0.199. The molecule has 0 aliphatic heterocycles. The summed E-state index contributed by atoms with van der Waals surface area (Å²) in [7, 11) is -3.43. The number of nitrogens with two attached hydrogens (primary N) is 1. The zero-order chi connectivity index (χ0) is 14.3. The lowest BCUT2D eigenvalue weighted by Crippen LogP contribution is -2.24. The van der Waals surface area contributed by atoms with Gasteiger partial charge in [-0.15, -0.1) is 0 Å². The Bertz CT molecular complexity index is 468. The lowest BCUT2D eigenvalue weighted by atomic mass is 10.1. The molecule has 0 aliphatic rings. The van der Waals surface area contributed by atoms with E-state index in [0.29, 0.717) is 25.6 Å². The molecule has 0 saturated heterocycles. The van der Waals surface area contributed by atoms with Gasteiger partial charge in [0.25, 0.3) is 0 Å². The van der Waals surface area contributed by atoms with Crippen molar-refractivity contribution in [2.75, 3.05) is 13.1 Å². The molecule has 0 unspecified atom stereocenters. The molecule has 1 aromatic heterocycles. The quantitative estimate of drug-likeness (QED) is 0.662. The van der Waals surface area contributed by atoms with Crippen molar-refractivity contribution in [2.45, 2.75) is 44.6 Å². The van der Waals surface area contributed by atoms with Gasteiger partial charge in [-0.1, -0.05) is 26.7 Å². The van der Waals surface area contributed by atoms with Crippen molar-refractivity contribution < 1.29 is 8.42 Å². The van der Waals surface area contributed by atoms with Gasteiger partial charge in [0, 0.05) is 19.3 Å². The highest BCUT2D eigenvalue weighted by Gasteiger charge is 2.15. The minimum atomic E-state index is -3.43. The van der Waals surface area contributed by atoms with E-state index in [-0.39, 0.29) is 4.90 Å². The van der Waals surface area contributed by atoms with Crippen LogP contribution in [0, 0.1) is 5.92 Å². The van der Waals surface area contributed by atoms with Gasteiger partial charge >= 0.3 is 0 Å². The Morgan fingerprint density at radius 3 is 2.79 bits per heavy atom. The summed E-state index contributed by atoms with van der Waals surface area (Å²) in [5.74, 6) is 0.658. The molecule has 3 N–H and O–H groups in total. The third-order valence-electron chi connectivity index (χ3n) is 2.78. The highest BCUT2D eigenvalue weighted by molar-refractivity contribution is 7.89. The monoisotopic (exact) mass is 288 g/mol. The van der Waals surface area contributed by atoms with Crippen molar-refractivity contribution in [1.29, 1.82) is 0 Å². The summed E-state index contributed by atoms with van der Waals surface area (Å²) < 4.78 is 28.0. The van der Waals surface area contributed by atoms with Gasteiger partial charge in [0.15, 0.2) is 0 Å². The van der Waals surface area contributed by atoms with Crippen molar-refractivity contribution in [1.82, 2.24) is 14.5 Å². The van der Waals surface area contributed by atoms with Gasteiger partial charge in [-0.2, -0.15) is 5.10 Å². The maximum Gasteiger partial charge on any atom is 0.243 e. The van der Waals surface area contributed by atoms with Gasteiger partial charge in [-0.3, -0.25) is 4.68 Å². The first kappa shape index (κ1) is 16.1. The molecule has 0 aromatic carbocycles. The molecule has 6 nitrogen and oxygen atoms in total. The van der Waals surface area contributed by atoms with E-state index in [1.165, 1.54) is 17.1 Å². The van der Waals surface area contributed by atoms with E-state index in [0.717, 1.165) is 19.3 Å². The van der Waals surface area contributed by atoms with Gasteiger partial charge in [0.2, 0.25) is 10.0 Å². The second kappa shape index (κ2) is 7.62. The molecule has 1 heterocycles. The van der Waals surface area contributed by atoms with E-state index in [1.807, 2.05) is 0 Å². The fourth-order valence-corrected chi connectivity index (χ4v) is 2.73. The summed E-state index contributed by atoms with van der Waals surface area (Å²) >= 11 is 0. The molecular weight excluding hydrogens is 264 g/mol. The number of nitrogens with zero attached hydrogens (tertiary/aromatic N) is 2. The number of nitrogens with one attached hydrogen (secondary N) is 1. The standard InChI is InChI=1S/C12H24N4O2S/c1-11(2)5-3-4-7-15-19(17,18)12-9-14-16(10-12)8-6-13/h9-11,15H,3-8,13H2,1-2H3. The second-order valence-electron chi connectivity index (χ2n) is 5.02. The number of hydrogen-bond acceptors (Lipinski definition) is 4. The third kappa shape index (κ3) is 5.71. The molecule has 0 amide bonds. The Morgan fingerprint density at radius 1 is 1.42 bits per heavy atom. The Hall–Kier alpha value is -0.920. The number of rotatable bonds is 9. The lowest BCUT2D eigenvalue weighted by molar-refractivity contribution is 0.530. The second-order valence-corrected chi connectivity index (χ2v) is 6.78. The Kier molecular flexibility index (Phi) is 6.47. The van der Waals surface area contributed by atoms with Gasteiger partial charge in [-0.05, 0) is 12.3 Å². The van der Waals surface area contributed by atoms with E-state index in [9.17, 15) is 8.42 Å². The molecule has 0 bridgehead atoms. The van der Waals surface area contributed by atoms with Crippen LogP contribution >= 0.6 is 0 Å². The predicted molar refractivity (Wildman–Crippen MR) is 75.2 cm³/mol. The summed E-state index contributed by atoms with van der Waals surface area (Å²) in [6.45, 7) is 5.75. The van der Waals surface area contributed by atoms with E-state index in [4.69, 9.17) is 5.73 Å². The molecule has 1 rings (SSSR count). The van der Waals surface area contributed by atoms with Crippen molar-refractivity contribution in [3.8, 4) is 0 Å². The smallest absolute Gasteiger partial charge is 0.243 e. The minimum absolute atomic E-state index is 0.199. The molecule has 0 saturated carbocycles. The average Bonchev–Trinajstić information content (AvgIpc) is 2.78. The van der Waals surface area contributed by atoms with E-state index >= 15 is 0 Å². The van der Waals surface area contributed by atoms with Crippen LogP contribution in [0.25, 0.3) is 0 Å². The molecular formula is C12H24N4O2S. The lowest BCUT2D eigenvalue weighted by Gasteiger charge is -2.06. The van der Waals surface area contributed by atoms with Crippen LogP contribution in [0.2, 0.25) is 0 Å². The Morgan fingerprint density at radius 2 is 2.16 bits per heavy atom. The van der Waals surface area contributed by atoms with Crippen molar-refractivity contribution in [3.05, 3.63) is 12.4 Å². The average molecular weight is 288 g/mol. The van der Waals surface area contributed by atoms with Gasteiger partial charge in [0.1, 0.15) is 4.90 Å². The van der Waals surface area contributed by atoms with Crippen LogP contribution in [0.15, 0.2) is 17.3 Å². The zero-order valence-corrected chi connectivity index (χ0v) is 12.5. The fourth-order valence-electron chi connectivity index (χ4n) is 1.71. The van der Waals surface area contributed by atoms with Crippen molar-refractivity contribution in [3.63, 3.8) is 0 Å². The first-order valence-electron chi connectivity index (χ1n) is 6.68. The van der Waals surface area contributed by atoms with Crippen LogP contribution in [0.3, 0.4) is 0 Å². The number of hydrogen-bond donors (Lipinski definition) is 2. The maximum atomic E-state index is 12.0. The molecule has 0 spiro atoms. The van der Waals surface area contributed by atoms with Gasteiger partial charge < -0.3 is 5.73 Å². The summed E-state index contributed by atoms with van der Waals surface area (Å²) in [6.07, 6.45) is 5.87. The minimum Gasteiger partial charge on any atom is -0.329 e. The summed E-state index contributed by atoms with van der Waals surface area (Å²) in [6, 6.07) is 0. The van der Waals surface area contributed by atoms with Crippen molar-refractivity contribution >= 4 is 10.0 Å². The first-order valence-corrected chi connectivity index (χ1v) is 8.16. The SMILES string of the molecule is CC(C)CCCCNS(=O)(=O)c1cnn(CCN)c1. The van der Waals surface area contributed by atoms with E-state index < -0.39 is 10.0 Å². The van der Waals surface area contributed by atoms with Crippen molar-refractivity contribution in [2.24, 2.45) is 11.7 Å². The zero-order valence-electron chi connectivity index (χ0n) is 11.7. The number of unbranched alkanes of at least 4 members (excludes halogenated alkanes) is 1. The largest absolute Gasteiger partial charge is 0.329 e. The van der Waals surface area contributed by atoms with E-state index in [2.05, 4.69) is 23.7 Å². The summed E-state index contributed by atoms with van der Waals surface area (Å²) in [5.41, 5.74) is 5.39. The van der Waals surface area contributed by atoms with Gasteiger partial charge in [-0.25, -0.2) is 13.1 Å². The molecule has 0 atom stereocenters. The maximum absolute atomic E-state index is 12.0. The summed E-state index contributed by atoms with van der Waals surface area (Å²) in [5, 5.41) is 3.96. The fraction of sp³-hybridized carbons (Fsp3) is 0.750. The molecule has 0 aliphatic carbocycles. The molecule has 0 fully saturated rings. The van der Waals surface area contributed by atoms with E-state index in [1.54, 1.807) is 0 Å². The van der Waals surface area contributed by atoms with Crippen LogP contribution < -0.4 is 10.5 Å². The number of aromatic nitrogens is 2. The van der Waals surface area contributed by atoms with Crippen LogP contribution in [-0.4, -0.2) is 31.3 Å². The molecule has 0 radical (unpaired) electrons. The highest BCUT2D eigenvalue weighted by atomic mass is 32.2. The predicted octanol–water partition coefficient (Wildman–Crippen LogP) is 0.946.